The van der Waals surface area contributed by atoms with Crippen LogP contribution in [0.4, 0.5) is 0 Å². The van der Waals surface area contributed by atoms with Crippen LogP contribution in [0.1, 0.15) is 15.9 Å². The number of phenols is 1. The Hall–Kier alpha value is -3.26. The van der Waals surface area contributed by atoms with Crippen molar-refractivity contribution in [2.24, 2.45) is 7.05 Å². The summed E-state index contributed by atoms with van der Waals surface area (Å²) in [7, 11) is 1.89. The van der Waals surface area contributed by atoms with Crippen LogP contribution in [0.2, 0.25) is 0 Å². The van der Waals surface area contributed by atoms with Crippen LogP contribution in [-0.4, -0.2) is 20.7 Å². The second kappa shape index (κ2) is 4.93. The minimum absolute atomic E-state index is 0.149. The molecule has 1 heterocycles. The summed E-state index contributed by atoms with van der Waals surface area (Å²) in [6.07, 6.45) is 1.89. The molecular formula is C17H12N2O3. The lowest BCUT2D eigenvalue weighted by Crippen LogP contribution is -1.96. The van der Waals surface area contributed by atoms with Gasteiger partial charge in [0.2, 0.25) is 0 Å². The first-order valence-corrected chi connectivity index (χ1v) is 6.57. The van der Waals surface area contributed by atoms with Gasteiger partial charge in [-0.25, -0.2) is 4.79 Å². The van der Waals surface area contributed by atoms with Gasteiger partial charge in [0, 0.05) is 24.1 Å². The number of benzene rings is 2. The molecule has 0 atom stereocenters. The lowest BCUT2D eigenvalue weighted by Gasteiger charge is -2.08. The lowest BCUT2D eigenvalue weighted by molar-refractivity contribution is 0.0694. The van der Waals surface area contributed by atoms with Crippen LogP contribution >= 0.6 is 0 Å². The zero-order valence-corrected chi connectivity index (χ0v) is 11.7. The molecule has 0 saturated carbocycles. The second-order valence-corrected chi connectivity index (χ2v) is 5.03. The second-order valence-electron chi connectivity index (χ2n) is 5.03. The molecule has 0 aliphatic carbocycles. The van der Waals surface area contributed by atoms with Gasteiger partial charge in [0.1, 0.15) is 11.3 Å². The van der Waals surface area contributed by atoms with Crippen LogP contribution in [0.3, 0.4) is 0 Å². The highest BCUT2D eigenvalue weighted by molar-refractivity contribution is 5.98. The van der Waals surface area contributed by atoms with Gasteiger partial charge in [-0.05, 0) is 41.5 Å². The summed E-state index contributed by atoms with van der Waals surface area (Å²) in [4.78, 5) is 11.0. The summed E-state index contributed by atoms with van der Waals surface area (Å²) in [5.74, 6) is -1.48. The molecule has 0 aliphatic rings. The number of nitriles is 1. The number of hydrogen-bond donors (Lipinski definition) is 2. The molecule has 1 aromatic heterocycles. The molecule has 2 N–H and O–H groups in total. The third kappa shape index (κ3) is 2.07. The molecule has 0 unspecified atom stereocenters. The number of carboxylic acid groups (broad SMARTS) is 1. The summed E-state index contributed by atoms with van der Waals surface area (Å²) in [5.41, 5.74) is 2.70. The molecule has 0 amide bonds. The van der Waals surface area contributed by atoms with Gasteiger partial charge in [-0.3, -0.25) is 0 Å². The fourth-order valence-corrected chi connectivity index (χ4v) is 2.55. The van der Waals surface area contributed by atoms with E-state index < -0.39 is 5.97 Å². The highest BCUT2D eigenvalue weighted by atomic mass is 16.4. The molecule has 0 fully saturated rings. The van der Waals surface area contributed by atoms with Gasteiger partial charge in [0.15, 0.2) is 0 Å². The van der Waals surface area contributed by atoms with E-state index in [4.69, 9.17) is 5.11 Å². The summed E-state index contributed by atoms with van der Waals surface area (Å²) in [6.45, 7) is 0. The average Bonchev–Trinajstić information content (AvgIpc) is 2.87. The van der Waals surface area contributed by atoms with Gasteiger partial charge in [0.05, 0.1) is 11.6 Å². The maximum atomic E-state index is 11.0. The van der Waals surface area contributed by atoms with Gasteiger partial charge < -0.3 is 14.8 Å². The number of fused-ring (bicyclic) bond motifs is 1. The van der Waals surface area contributed by atoms with Crippen molar-refractivity contribution in [3.8, 4) is 22.9 Å². The van der Waals surface area contributed by atoms with Gasteiger partial charge in [-0.1, -0.05) is 6.07 Å². The van der Waals surface area contributed by atoms with Crippen LogP contribution in [0.5, 0.6) is 5.75 Å². The highest BCUT2D eigenvalue weighted by Crippen LogP contribution is 2.33. The Bertz CT molecular complexity index is 948. The minimum atomic E-state index is -1.18. The van der Waals surface area contributed by atoms with Crippen LogP contribution in [-0.2, 0) is 7.05 Å². The third-order valence-corrected chi connectivity index (χ3v) is 3.67. The van der Waals surface area contributed by atoms with Crippen LogP contribution in [0, 0.1) is 11.3 Å². The van der Waals surface area contributed by atoms with E-state index in [9.17, 15) is 15.2 Å². The fraction of sp³-hybridized carbons (Fsp3) is 0.0588. The maximum absolute atomic E-state index is 11.0. The van der Waals surface area contributed by atoms with Gasteiger partial charge >= 0.3 is 5.97 Å². The number of aromatic hydroxyl groups is 1. The number of aryl methyl sites for hydroxylation is 1. The molecule has 3 rings (SSSR count). The summed E-state index contributed by atoms with van der Waals surface area (Å²) >= 11 is 0. The van der Waals surface area contributed by atoms with Gasteiger partial charge in [-0.2, -0.15) is 5.26 Å². The Morgan fingerprint density at radius 3 is 2.64 bits per heavy atom. The Balaban J connectivity index is 2.28. The molecule has 0 radical (unpaired) electrons. The van der Waals surface area contributed by atoms with E-state index in [-0.39, 0.29) is 11.3 Å². The Labute approximate surface area is 126 Å². The molecule has 5 heteroatoms. The monoisotopic (exact) mass is 292 g/mol. The van der Waals surface area contributed by atoms with E-state index >= 15 is 0 Å². The molecule has 0 saturated heterocycles. The Morgan fingerprint density at radius 2 is 2.00 bits per heavy atom. The van der Waals surface area contributed by atoms with Crippen LogP contribution < -0.4 is 0 Å². The highest BCUT2D eigenvalue weighted by Gasteiger charge is 2.13. The van der Waals surface area contributed by atoms with Crippen molar-refractivity contribution in [2.75, 3.05) is 0 Å². The van der Waals surface area contributed by atoms with E-state index in [1.54, 1.807) is 18.2 Å². The topological polar surface area (TPSA) is 86.2 Å². The fourth-order valence-electron chi connectivity index (χ4n) is 2.55. The lowest BCUT2D eigenvalue weighted by atomic mass is 9.98. The molecule has 3 aromatic rings. The predicted octanol–water partition coefficient (Wildman–Crippen LogP) is 3.12. The summed E-state index contributed by atoms with van der Waals surface area (Å²) in [5, 5.41) is 29.0. The third-order valence-electron chi connectivity index (χ3n) is 3.67. The quantitative estimate of drug-likeness (QED) is 0.759. The molecule has 0 bridgehead atoms. The molecule has 22 heavy (non-hydrogen) atoms. The van der Waals surface area contributed by atoms with Crippen LogP contribution in [0.15, 0.2) is 42.6 Å². The predicted molar refractivity (Wildman–Crippen MR) is 81.7 cm³/mol. The first-order valence-electron chi connectivity index (χ1n) is 6.57. The van der Waals surface area contributed by atoms with Gasteiger partial charge in [-0.15, -0.1) is 0 Å². The van der Waals surface area contributed by atoms with Crippen molar-refractivity contribution in [3.63, 3.8) is 0 Å². The van der Waals surface area contributed by atoms with E-state index in [0.29, 0.717) is 11.1 Å². The van der Waals surface area contributed by atoms with Gasteiger partial charge in [0.25, 0.3) is 0 Å². The normalized spacial score (nSPS) is 10.5. The number of carbonyl (C=O) groups is 1. The first-order chi connectivity index (χ1) is 10.5. The molecular weight excluding hydrogens is 280 g/mol. The van der Waals surface area contributed by atoms with E-state index in [1.165, 1.54) is 12.1 Å². The van der Waals surface area contributed by atoms with E-state index in [0.717, 1.165) is 16.5 Å². The van der Waals surface area contributed by atoms with Crippen molar-refractivity contribution in [1.29, 1.82) is 5.26 Å². The van der Waals surface area contributed by atoms with Crippen molar-refractivity contribution in [1.82, 2.24) is 4.57 Å². The zero-order valence-electron chi connectivity index (χ0n) is 11.7. The molecule has 0 spiro atoms. The molecule has 2 aromatic carbocycles. The number of aromatic carboxylic acids is 1. The van der Waals surface area contributed by atoms with Crippen molar-refractivity contribution in [3.05, 3.63) is 53.7 Å². The summed E-state index contributed by atoms with van der Waals surface area (Å²) in [6, 6.07) is 12.0. The number of nitrogens with zero attached hydrogens (tertiary/aromatic N) is 2. The van der Waals surface area contributed by atoms with E-state index in [2.05, 4.69) is 6.07 Å². The average molecular weight is 292 g/mol. The Kier molecular flexibility index (Phi) is 3.08. The largest absolute Gasteiger partial charge is 0.507 e. The SMILES string of the molecule is Cn1ccc2c(-c3ccc(C(=O)O)c(O)c3)cc(C#N)cc21. The Morgan fingerprint density at radius 1 is 1.23 bits per heavy atom. The number of hydrogen-bond acceptors (Lipinski definition) is 3. The zero-order chi connectivity index (χ0) is 15.9. The summed E-state index contributed by atoms with van der Waals surface area (Å²) < 4.78 is 1.91. The molecule has 108 valence electrons. The van der Waals surface area contributed by atoms with Crippen molar-refractivity contribution in [2.45, 2.75) is 0 Å². The first kappa shape index (κ1) is 13.7. The number of carboxylic acids is 1. The number of rotatable bonds is 2. The number of aromatic nitrogens is 1. The van der Waals surface area contributed by atoms with E-state index in [1.807, 2.05) is 23.9 Å². The molecule has 5 nitrogen and oxygen atoms in total. The van der Waals surface area contributed by atoms with Crippen LogP contribution in [0.25, 0.3) is 22.0 Å². The standard InChI is InChI=1S/C17H12N2O3/c1-19-5-4-12-14(6-10(9-18)7-15(12)19)11-2-3-13(17(21)22)16(20)8-11/h2-8,20H,1H3,(H,21,22). The minimum Gasteiger partial charge on any atom is -0.507 e. The van der Waals surface area contributed by atoms with Crippen molar-refractivity contribution >= 4 is 16.9 Å². The smallest absolute Gasteiger partial charge is 0.339 e. The molecule has 0 aliphatic heterocycles. The maximum Gasteiger partial charge on any atom is 0.339 e. The van der Waals surface area contributed by atoms with Crippen molar-refractivity contribution < 1.29 is 15.0 Å².